The summed E-state index contributed by atoms with van der Waals surface area (Å²) in [6.45, 7) is 5.83. The summed E-state index contributed by atoms with van der Waals surface area (Å²) < 4.78 is 17.1. The molecule has 2 aromatic heterocycles. The highest BCUT2D eigenvalue weighted by molar-refractivity contribution is 5.95. The first kappa shape index (κ1) is 27.0. The van der Waals surface area contributed by atoms with Crippen LogP contribution in [0.3, 0.4) is 0 Å². The number of hydrogen-bond donors (Lipinski definition) is 3. The van der Waals surface area contributed by atoms with Crippen LogP contribution in [0.2, 0.25) is 0 Å². The van der Waals surface area contributed by atoms with Crippen LogP contribution in [-0.4, -0.2) is 67.0 Å². The van der Waals surface area contributed by atoms with E-state index in [-0.39, 0.29) is 24.7 Å². The first-order chi connectivity index (χ1) is 20.0. The molecule has 6 rings (SSSR count). The van der Waals surface area contributed by atoms with Crippen LogP contribution in [0.4, 0.5) is 16.4 Å². The summed E-state index contributed by atoms with van der Waals surface area (Å²) in [6.07, 6.45) is 1.18. The molecule has 1 aromatic carbocycles. The third-order valence-corrected chi connectivity index (χ3v) is 7.60. The maximum absolute atomic E-state index is 12.5. The second-order valence-electron chi connectivity index (χ2n) is 10.6. The molecule has 2 unspecified atom stereocenters. The second kappa shape index (κ2) is 12.1. The van der Waals surface area contributed by atoms with E-state index in [0.29, 0.717) is 55.2 Å². The fourth-order valence-electron chi connectivity index (χ4n) is 5.30. The smallest absolute Gasteiger partial charge is 0.415 e. The number of pyridine rings is 2. The topological polar surface area (TPSA) is 127 Å². The molecule has 3 aliphatic rings. The van der Waals surface area contributed by atoms with Gasteiger partial charge < -0.3 is 30.2 Å². The lowest BCUT2D eigenvalue weighted by atomic mass is 10.0. The van der Waals surface area contributed by atoms with Gasteiger partial charge in [-0.1, -0.05) is 24.3 Å². The summed E-state index contributed by atoms with van der Waals surface area (Å²) in [5, 5.41) is 9.51. The summed E-state index contributed by atoms with van der Waals surface area (Å²) in [5.41, 5.74) is 3.04. The van der Waals surface area contributed by atoms with Crippen LogP contribution < -0.4 is 30.3 Å². The Morgan fingerprint density at radius 1 is 1.15 bits per heavy atom. The minimum atomic E-state index is -0.453. The number of nitrogens with one attached hydrogen (secondary N) is 3. The summed E-state index contributed by atoms with van der Waals surface area (Å²) in [7, 11) is 0. The van der Waals surface area contributed by atoms with Crippen LogP contribution >= 0.6 is 0 Å². The molecular weight excluding hydrogens is 524 g/mol. The molecule has 3 N–H and O–H groups in total. The van der Waals surface area contributed by atoms with Gasteiger partial charge >= 0.3 is 6.09 Å². The van der Waals surface area contributed by atoms with E-state index in [1.165, 1.54) is 4.90 Å². The van der Waals surface area contributed by atoms with Gasteiger partial charge in [-0.3, -0.25) is 9.69 Å². The van der Waals surface area contributed by atoms with E-state index < -0.39 is 6.09 Å². The second-order valence-corrected chi connectivity index (χ2v) is 10.6. The largest absolute Gasteiger partial charge is 0.480 e. The fourth-order valence-corrected chi connectivity index (χ4v) is 5.30. The van der Waals surface area contributed by atoms with E-state index in [9.17, 15) is 9.59 Å². The third-order valence-electron chi connectivity index (χ3n) is 7.60. The summed E-state index contributed by atoms with van der Waals surface area (Å²) >= 11 is 0. The van der Waals surface area contributed by atoms with Crippen molar-refractivity contribution in [1.82, 2.24) is 20.6 Å². The van der Waals surface area contributed by atoms with Crippen molar-refractivity contribution in [3.8, 4) is 22.9 Å². The Bertz CT molecular complexity index is 1410. The van der Waals surface area contributed by atoms with Crippen molar-refractivity contribution in [1.29, 1.82) is 0 Å². The average molecular weight is 559 g/mol. The summed E-state index contributed by atoms with van der Waals surface area (Å²) in [6, 6.07) is 17.6. The fraction of sp³-hybridized carbons (Fsp3) is 0.400. The molecule has 3 aliphatic heterocycles. The standard InChI is InChI=1S/C30H34N6O5/c1-19(22-10-12-32-16-22)40-28-7-3-6-24(33-28)21-5-2-4-20(14-21)15-31-13-11-23-17-36(30(38)41-23)26-9-8-25-29(34-26)35-27(37)18-39-25/h2-9,14,19,22-23,31-32H,10-13,15-18H2,1H3,(H,34,35,37)/t19-,22?,23?/m0/s1. The lowest BCUT2D eigenvalue weighted by Crippen LogP contribution is -2.29. The number of carbonyl (C=O) groups excluding carboxylic acids is 2. The number of nitrogens with zero attached hydrogens (tertiary/aromatic N) is 3. The molecular formula is C30H34N6O5. The Kier molecular flexibility index (Phi) is 7.97. The van der Waals surface area contributed by atoms with Crippen LogP contribution in [-0.2, 0) is 16.1 Å². The quantitative estimate of drug-likeness (QED) is 0.321. The van der Waals surface area contributed by atoms with E-state index in [0.717, 1.165) is 36.3 Å². The van der Waals surface area contributed by atoms with E-state index >= 15 is 0 Å². The first-order valence-corrected chi connectivity index (χ1v) is 14.1. The minimum absolute atomic E-state index is 0.0455. The van der Waals surface area contributed by atoms with Gasteiger partial charge in [-0.25, -0.2) is 14.8 Å². The van der Waals surface area contributed by atoms with Gasteiger partial charge in [0, 0.05) is 30.6 Å². The highest BCUT2D eigenvalue weighted by Gasteiger charge is 2.33. The van der Waals surface area contributed by atoms with Gasteiger partial charge in [-0.15, -0.1) is 0 Å². The maximum atomic E-state index is 12.5. The molecule has 0 spiro atoms. The minimum Gasteiger partial charge on any atom is -0.480 e. The molecule has 0 aliphatic carbocycles. The molecule has 0 saturated carbocycles. The van der Waals surface area contributed by atoms with Gasteiger partial charge in [0.2, 0.25) is 5.88 Å². The van der Waals surface area contributed by atoms with Crippen molar-refractivity contribution in [2.45, 2.75) is 38.5 Å². The number of anilines is 2. The van der Waals surface area contributed by atoms with Crippen molar-refractivity contribution in [3.63, 3.8) is 0 Å². The number of ether oxygens (including phenoxy) is 3. The lowest BCUT2D eigenvalue weighted by molar-refractivity contribution is -0.118. The highest BCUT2D eigenvalue weighted by atomic mass is 16.6. The number of fused-ring (bicyclic) bond motifs is 1. The van der Waals surface area contributed by atoms with Crippen molar-refractivity contribution < 1.29 is 23.8 Å². The van der Waals surface area contributed by atoms with Crippen LogP contribution in [0.1, 0.15) is 25.3 Å². The Labute approximate surface area is 238 Å². The molecule has 2 amide bonds. The molecule has 0 radical (unpaired) electrons. The van der Waals surface area contributed by atoms with Gasteiger partial charge in [0.1, 0.15) is 18.0 Å². The van der Waals surface area contributed by atoms with Crippen LogP contribution in [0.25, 0.3) is 11.3 Å². The van der Waals surface area contributed by atoms with E-state index in [2.05, 4.69) is 46.1 Å². The molecule has 11 heteroatoms. The van der Waals surface area contributed by atoms with Crippen molar-refractivity contribution in [2.75, 3.05) is 43.0 Å². The first-order valence-electron chi connectivity index (χ1n) is 14.1. The molecule has 41 heavy (non-hydrogen) atoms. The van der Waals surface area contributed by atoms with Gasteiger partial charge in [0.05, 0.1) is 12.2 Å². The molecule has 2 fully saturated rings. The number of benzene rings is 1. The Hall–Kier alpha value is -4.22. The number of hydrogen-bond acceptors (Lipinski definition) is 9. The zero-order chi connectivity index (χ0) is 28.2. The number of carbonyl (C=O) groups is 2. The lowest BCUT2D eigenvalue weighted by Gasteiger charge is -2.19. The van der Waals surface area contributed by atoms with Gasteiger partial charge in [0.25, 0.3) is 5.91 Å². The SMILES string of the molecule is C[C@H](Oc1cccc(-c2cccc(CNCCC3CN(c4ccc5c(n4)NC(=O)CO5)C(=O)O3)c2)n1)C1CCNC1. The zero-order valence-electron chi connectivity index (χ0n) is 23.0. The number of rotatable bonds is 10. The maximum Gasteiger partial charge on any atom is 0.415 e. The van der Waals surface area contributed by atoms with Gasteiger partial charge in [-0.2, -0.15) is 0 Å². The number of aromatic nitrogens is 2. The summed E-state index contributed by atoms with van der Waals surface area (Å²) in [5.74, 6) is 2.08. The van der Waals surface area contributed by atoms with Crippen LogP contribution in [0, 0.1) is 5.92 Å². The molecule has 3 atom stereocenters. The molecule has 214 valence electrons. The highest BCUT2D eigenvalue weighted by Crippen LogP contribution is 2.30. The van der Waals surface area contributed by atoms with Crippen LogP contribution in [0.15, 0.2) is 54.6 Å². The molecule has 11 nitrogen and oxygen atoms in total. The molecule has 3 aromatic rings. The monoisotopic (exact) mass is 558 g/mol. The Morgan fingerprint density at radius 2 is 2.05 bits per heavy atom. The van der Waals surface area contributed by atoms with E-state index in [1.807, 2.05) is 24.3 Å². The normalized spacial score (nSPS) is 20.7. The number of amides is 2. The third kappa shape index (κ3) is 6.41. The predicted octanol–water partition coefficient (Wildman–Crippen LogP) is 3.36. The van der Waals surface area contributed by atoms with Gasteiger partial charge in [-0.05, 0) is 62.7 Å². The number of cyclic esters (lactones) is 1. The zero-order valence-corrected chi connectivity index (χ0v) is 23.0. The van der Waals surface area contributed by atoms with Crippen molar-refractivity contribution in [2.24, 2.45) is 5.92 Å². The summed E-state index contributed by atoms with van der Waals surface area (Å²) in [4.78, 5) is 34.7. The predicted molar refractivity (Wildman–Crippen MR) is 153 cm³/mol. The van der Waals surface area contributed by atoms with Crippen molar-refractivity contribution >= 4 is 23.6 Å². The Balaban J connectivity index is 0.995. The van der Waals surface area contributed by atoms with Crippen LogP contribution in [0.5, 0.6) is 11.6 Å². The van der Waals surface area contributed by atoms with Crippen molar-refractivity contribution in [3.05, 3.63) is 60.2 Å². The van der Waals surface area contributed by atoms with Gasteiger partial charge in [0.15, 0.2) is 18.2 Å². The molecule has 5 heterocycles. The van der Waals surface area contributed by atoms with E-state index in [4.69, 9.17) is 19.2 Å². The molecule has 0 bridgehead atoms. The molecule has 2 saturated heterocycles. The average Bonchev–Trinajstić information content (AvgIpc) is 3.66. The van der Waals surface area contributed by atoms with E-state index in [1.54, 1.807) is 12.1 Å². The Morgan fingerprint density at radius 3 is 2.93 bits per heavy atom.